The molecule has 0 saturated heterocycles. The van der Waals surface area contributed by atoms with Crippen molar-refractivity contribution in [3.8, 4) is 5.75 Å². The standard InChI is InChI=1S/C19H18N4O2S/c1-11-8-12(22(3)21-11)9-16-17(24)23-14-10-19(2,20-18(23)26-16)25-15-7-5-4-6-13(14)15/h4-9,14H,10H2,1-3H3. The van der Waals surface area contributed by atoms with E-state index in [4.69, 9.17) is 9.73 Å². The van der Waals surface area contributed by atoms with Crippen LogP contribution in [0.3, 0.4) is 0 Å². The van der Waals surface area contributed by atoms with Crippen molar-refractivity contribution < 1.29 is 4.74 Å². The second-order valence-corrected chi connectivity index (χ2v) is 8.06. The van der Waals surface area contributed by atoms with Gasteiger partial charge in [0.2, 0.25) is 5.72 Å². The van der Waals surface area contributed by atoms with Gasteiger partial charge in [0.25, 0.3) is 5.56 Å². The molecular weight excluding hydrogens is 348 g/mol. The van der Waals surface area contributed by atoms with Crippen LogP contribution in [0.25, 0.3) is 6.08 Å². The fourth-order valence-electron chi connectivity index (χ4n) is 3.84. The first-order chi connectivity index (χ1) is 12.4. The summed E-state index contributed by atoms with van der Waals surface area (Å²) in [7, 11) is 1.88. The summed E-state index contributed by atoms with van der Waals surface area (Å²) < 4.78 is 10.4. The van der Waals surface area contributed by atoms with Crippen molar-refractivity contribution in [2.24, 2.45) is 12.0 Å². The first kappa shape index (κ1) is 15.6. The maximum atomic E-state index is 13.2. The zero-order valence-electron chi connectivity index (χ0n) is 14.8. The van der Waals surface area contributed by atoms with E-state index >= 15 is 0 Å². The molecule has 2 aromatic heterocycles. The summed E-state index contributed by atoms with van der Waals surface area (Å²) in [6, 6.07) is 9.84. The van der Waals surface area contributed by atoms with Crippen LogP contribution in [0.4, 0.5) is 0 Å². The van der Waals surface area contributed by atoms with Gasteiger partial charge in [-0.1, -0.05) is 29.5 Å². The molecule has 0 spiro atoms. The predicted octanol–water partition coefficient (Wildman–Crippen LogP) is 1.50. The lowest BCUT2D eigenvalue weighted by molar-refractivity contribution is 0.0410. The molecule has 2 bridgehead atoms. The molecule has 0 N–H and O–H groups in total. The average Bonchev–Trinajstić information content (AvgIpc) is 3.05. The van der Waals surface area contributed by atoms with Crippen LogP contribution in [-0.4, -0.2) is 20.1 Å². The zero-order chi connectivity index (χ0) is 18.1. The number of benzene rings is 1. The van der Waals surface area contributed by atoms with Gasteiger partial charge in [0.05, 0.1) is 22.0 Å². The van der Waals surface area contributed by atoms with E-state index in [0.29, 0.717) is 15.8 Å². The fourth-order valence-corrected chi connectivity index (χ4v) is 4.95. The molecule has 5 rings (SSSR count). The van der Waals surface area contributed by atoms with E-state index in [2.05, 4.69) is 5.10 Å². The Hall–Kier alpha value is -2.67. The molecule has 7 heteroatoms. The van der Waals surface area contributed by atoms with Crippen LogP contribution in [0.15, 0.2) is 40.1 Å². The molecule has 3 aromatic rings. The summed E-state index contributed by atoms with van der Waals surface area (Å²) in [4.78, 5) is 18.6. The topological polar surface area (TPSA) is 61.4 Å². The molecule has 0 aliphatic carbocycles. The van der Waals surface area contributed by atoms with Crippen molar-refractivity contribution in [2.75, 3.05) is 0 Å². The molecule has 0 radical (unpaired) electrons. The summed E-state index contributed by atoms with van der Waals surface area (Å²) in [5, 5.41) is 4.35. The minimum absolute atomic E-state index is 0.00337. The quantitative estimate of drug-likeness (QED) is 0.656. The minimum Gasteiger partial charge on any atom is -0.466 e. The van der Waals surface area contributed by atoms with Gasteiger partial charge in [0.1, 0.15) is 5.75 Å². The van der Waals surface area contributed by atoms with Gasteiger partial charge in [-0.15, -0.1) is 0 Å². The number of nitrogens with zero attached hydrogens (tertiary/aromatic N) is 4. The van der Waals surface area contributed by atoms with E-state index in [1.165, 1.54) is 11.3 Å². The van der Waals surface area contributed by atoms with Gasteiger partial charge < -0.3 is 4.74 Å². The SMILES string of the molecule is Cc1cc(C=c2sc3n(c2=O)C2CC(C)(N=3)Oc3ccccc32)n(C)n1. The van der Waals surface area contributed by atoms with E-state index < -0.39 is 5.72 Å². The Morgan fingerprint density at radius 3 is 2.96 bits per heavy atom. The summed E-state index contributed by atoms with van der Waals surface area (Å²) in [6.45, 7) is 3.93. The Morgan fingerprint density at radius 1 is 1.38 bits per heavy atom. The van der Waals surface area contributed by atoms with E-state index in [1.807, 2.05) is 61.9 Å². The van der Waals surface area contributed by atoms with Gasteiger partial charge in [-0.25, -0.2) is 4.99 Å². The first-order valence-electron chi connectivity index (χ1n) is 8.55. The van der Waals surface area contributed by atoms with Gasteiger partial charge >= 0.3 is 0 Å². The van der Waals surface area contributed by atoms with Crippen molar-refractivity contribution in [1.82, 2.24) is 14.3 Å². The molecule has 2 atom stereocenters. The molecule has 26 heavy (non-hydrogen) atoms. The maximum Gasteiger partial charge on any atom is 0.270 e. The van der Waals surface area contributed by atoms with Crippen molar-refractivity contribution >= 4 is 17.4 Å². The van der Waals surface area contributed by atoms with Gasteiger partial charge in [-0.2, -0.15) is 5.10 Å². The third-order valence-electron chi connectivity index (χ3n) is 4.98. The van der Waals surface area contributed by atoms with Crippen LogP contribution in [0.1, 0.15) is 36.3 Å². The molecule has 2 aliphatic heterocycles. The van der Waals surface area contributed by atoms with Crippen molar-refractivity contribution in [1.29, 1.82) is 0 Å². The Balaban J connectivity index is 1.77. The number of aromatic nitrogens is 3. The highest BCUT2D eigenvalue weighted by Gasteiger charge is 2.42. The molecule has 0 saturated carbocycles. The number of thiazole rings is 1. The Labute approximate surface area is 153 Å². The zero-order valence-corrected chi connectivity index (χ0v) is 15.6. The summed E-state index contributed by atoms with van der Waals surface area (Å²) in [6.07, 6.45) is 2.56. The lowest BCUT2D eigenvalue weighted by Gasteiger charge is -2.39. The van der Waals surface area contributed by atoms with Crippen molar-refractivity contribution in [3.05, 3.63) is 67.0 Å². The molecule has 1 aromatic carbocycles. The molecule has 132 valence electrons. The van der Waals surface area contributed by atoms with Crippen LogP contribution in [0.2, 0.25) is 0 Å². The van der Waals surface area contributed by atoms with Gasteiger partial charge in [-0.3, -0.25) is 14.0 Å². The number of hydrogen-bond donors (Lipinski definition) is 0. The molecule has 0 fully saturated rings. The maximum absolute atomic E-state index is 13.2. The number of hydrogen-bond acceptors (Lipinski definition) is 5. The highest BCUT2D eigenvalue weighted by atomic mass is 32.1. The third kappa shape index (κ3) is 2.20. The van der Waals surface area contributed by atoms with Crippen LogP contribution < -0.4 is 19.6 Å². The Bertz CT molecular complexity index is 1220. The molecule has 4 heterocycles. The smallest absolute Gasteiger partial charge is 0.270 e. The lowest BCUT2D eigenvalue weighted by Crippen LogP contribution is -2.49. The van der Waals surface area contributed by atoms with Crippen LogP contribution in [0, 0.1) is 6.92 Å². The number of ether oxygens (including phenoxy) is 1. The van der Waals surface area contributed by atoms with E-state index in [1.54, 1.807) is 4.68 Å². The first-order valence-corrected chi connectivity index (χ1v) is 9.37. The molecule has 0 amide bonds. The number of para-hydroxylation sites is 1. The van der Waals surface area contributed by atoms with Crippen LogP contribution in [-0.2, 0) is 7.05 Å². The van der Waals surface area contributed by atoms with E-state index in [0.717, 1.165) is 22.7 Å². The third-order valence-corrected chi connectivity index (χ3v) is 5.96. The number of fused-ring (bicyclic) bond motifs is 6. The minimum atomic E-state index is -0.628. The van der Waals surface area contributed by atoms with Crippen molar-refractivity contribution in [3.63, 3.8) is 0 Å². The highest BCUT2D eigenvalue weighted by Crippen LogP contribution is 2.42. The average molecular weight is 366 g/mol. The Kier molecular flexibility index (Phi) is 3.10. The normalized spacial score (nSPS) is 23.8. The van der Waals surface area contributed by atoms with Gasteiger partial charge in [0.15, 0.2) is 4.80 Å². The van der Waals surface area contributed by atoms with E-state index in [-0.39, 0.29) is 11.6 Å². The highest BCUT2D eigenvalue weighted by molar-refractivity contribution is 7.07. The van der Waals surface area contributed by atoms with Crippen LogP contribution in [0.5, 0.6) is 5.75 Å². The van der Waals surface area contributed by atoms with Gasteiger partial charge in [0, 0.05) is 19.0 Å². The lowest BCUT2D eigenvalue weighted by atomic mass is 9.93. The Morgan fingerprint density at radius 2 is 2.19 bits per heavy atom. The molecular formula is C19H18N4O2S. The summed E-state index contributed by atoms with van der Waals surface area (Å²) >= 11 is 1.41. The van der Waals surface area contributed by atoms with Gasteiger partial charge in [-0.05, 0) is 32.1 Å². The van der Waals surface area contributed by atoms with Crippen LogP contribution >= 0.6 is 11.3 Å². The summed E-state index contributed by atoms with van der Waals surface area (Å²) in [5.41, 5.74) is 2.25. The predicted molar refractivity (Wildman–Crippen MR) is 99.1 cm³/mol. The largest absolute Gasteiger partial charge is 0.466 e. The second kappa shape index (κ2) is 5.17. The summed E-state index contributed by atoms with van der Waals surface area (Å²) in [5.74, 6) is 0.812. The number of rotatable bonds is 1. The monoisotopic (exact) mass is 366 g/mol. The molecule has 2 unspecified atom stereocenters. The fraction of sp³-hybridized carbons (Fsp3) is 0.316. The second-order valence-electron chi connectivity index (χ2n) is 7.05. The molecule has 6 nitrogen and oxygen atoms in total. The van der Waals surface area contributed by atoms with E-state index in [9.17, 15) is 4.79 Å². The number of aryl methyl sites for hydroxylation is 2. The van der Waals surface area contributed by atoms with Crippen molar-refractivity contribution in [2.45, 2.75) is 32.0 Å². The molecule has 2 aliphatic rings.